The van der Waals surface area contributed by atoms with Crippen LogP contribution in [0, 0.1) is 11.8 Å². The number of hydrogen-bond acceptors (Lipinski definition) is 2. The summed E-state index contributed by atoms with van der Waals surface area (Å²) in [5.41, 5.74) is 0. The van der Waals surface area contributed by atoms with Crippen LogP contribution in [0.15, 0.2) is 0 Å². The Bertz CT molecular complexity index is 217. The summed E-state index contributed by atoms with van der Waals surface area (Å²) in [7, 11) is 0. The highest BCUT2D eigenvalue weighted by molar-refractivity contribution is 5.70. The van der Waals surface area contributed by atoms with Gasteiger partial charge in [-0.3, -0.25) is 4.79 Å². The molecule has 1 heterocycles. The first-order valence-electron chi connectivity index (χ1n) is 5.65. The van der Waals surface area contributed by atoms with Gasteiger partial charge in [-0.1, -0.05) is 0 Å². The Hall–Kier alpha value is -0.570. The summed E-state index contributed by atoms with van der Waals surface area (Å²) < 4.78 is 0. The molecule has 0 aromatic rings. The van der Waals surface area contributed by atoms with Crippen molar-refractivity contribution in [2.24, 2.45) is 11.8 Å². The van der Waals surface area contributed by atoms with Gasteiger partial charge in [0.15, 0.2) is 0 Å². The van der Waals surface area contributed by atoms with Crippen molar-refractivity contribution < 1.29 is 9.90 Å². The molecule has 14 heavy (non-hydrogen) atoms. The molecule has 0 spiro atoms. The van der Waals surface area contributed by atoms with Gasteiger partial charge < -0.3 is 10.0 Å². The smallest absolute Gasteiger partial charge is 0.306 e. The van der Waals surface area contributed by atoms with E-state index < -0.39 is 5.97 Å². The molecule has 2 rings (SSSR count). The number of rotatable bonds is 3. The number of nitrogens with zero attached hydrogens (tertiary/aromatic N) is 1. The standard InChI is InChI=1S/C11H19NO2/c1-8(9-2-3-9)12-6-4-10(5-7-12)11(13)14/h8-10H,2-7H2,1H3,(H,13,14). The predicted molar refractivity (Wildman–Crippen MR) is 54.1 cm³/mol. The van der Waals surface area contributed by atoms with E-state index in [9.17, 15) is 4.79 Å². The summed E-state index contributed by atoms with van der Waals surface area (Å²) in [5.74, 6) is 0.206. The van der Waals surface area contributed by atoms with E-state index in [2.05, 4.69) is 11.8 Å². The maximum atomic E-state index is 10.8. The highest BCUT2D eigenvalue weighted by Gasteiger charge is 2.34. The van der Waals surface area contributed by atoms with E-state index >= 15 is 0 Å². The molecular weight excluding hydrogens is 178 g/mol. The Labute approximate surface area is 85.1 Å². The fourth-order valence-electron chi connectivity index (χ4n) is 2.43. The summed E-state index contributed by atoms with van der Waals surface area (Å²) in [6, 6.07) is 0.685. The fourth-order valence-corrected chi connectivity index (χ4v) is 2.43. The van der Waals surface area contributed by atoms with Crippen LogP contribution in [0.5, 0.6) is 0 Å². The second-order valence-electron chi connectivity index (χ2n) is 4.73. The number of hydrogen-bond donors (Lipinski definition) is 1. The van der Waals surface area contributed by atoms with Gasteiger partial charge >= 0.3 is 5.97 Å². The number of aliphatic carboxylic acids is 1. The lowest BCUT2D eigenvalue weighted by atomic mass is 9.95. The molecule has 0 bridgehead atoms. The molecular formula is C11H19NO2. The fraction of sp³-hybridized carbons (Fsp3) is 0.909. The molecule has 2 fully saturated rings. The van der Waals surface area contributed by atoms with E-state index in [1.165, 1.54) is 12.8 Å². The molecule has 1 aliphatic carbocycles. The lowest BCUT2D eigenvalue weighted by Gasteiger charge is -2.34. The first kappa shape index (κ1) is 9.97. The zero-order chi connectivity index (χ0) is 10.1. The molecule has 1 atom stereocenters. The van der Waals surface area contributed by atoms with Crippen LogP contribution in [0.3, 0.4) is 0 Å². The monoisotopic (exact) mass is 197 g/mol. The van der Waals surface area contributed by atoms with E-state index in [1.54, 1.807) is 0 Å². The average Bonchev–Trinajstić information content (AvgIpc) is 3.00. The molecule has 1 saturated heterocycles. The normalized spacial score (nSPS) is 27.5. The van der Waals surface area contributed by atoms with Gasteiger partial charge in [0, 0.05) is 6.04 Å². The van der Waals surface area contributed by atoms with Crippen molar-refractivity contribution >= 4 is 5.97 Å². The van der Waals surface area contributed by atoms with Crippen LogP contribution < -0.4 is 0 Å². The largest absolute Gasteiger partial charge is 0.481 e. The van der Waals surface area contributed by atoms with E-state index in [0.717, 1.165) is 31.8 Å². The predicted octanol–water partition coefficient (Wildman–Crippen LogP) is 1.58. The topological polar surface area (TPSA) is 40.5 Å². The lowest BCUT2D eigenvalue weighted by Crippen LogP contribution is -2.42. The molecule has 2 aliphatic rings. The third-order valence-corrected chi connectivity index (χ3v) is 3.76. The average molecular weight is 197 g/mol. The first-order chi connectivity index (χ1) is 6.68. The van der Waals surface area contributed by atoms with Gasteiger partial charge in [-0.2, -0.15) is 0 Å². The number of piperidine rings is 1. The van der Waals surface area contributed by atoms with Gasteiger partial charge in [0.25, 0.3) is 0 Å². The van der Waals surface area contributed by atoms with Gasteiger partial charge in [-0.25, -0.2) is 0 Å². The van der Waals surface area contributed by atoms with Crippen molar-refractivity contribution in [3.05, 3.63) is 0 Å². The molecule has 0 aromatic carbocycles. The van der Waals surface area contributed by atoms with Gasteiger partial charge in [-0.05, 0) is 51.6 Å². The molecule has 1 saturated carbocycles. The molecule has 80 valence electrons. The summed E-state index contributed by atoms with van der Waals surface area (Å²) in [4.78, 5) is 13.2. The number of likely N-dealkylation sites (tertiary alicyclic amines) is 1. The minimum atomic E-state index is -0.608. The van der Waals surface area contributed by atoms with E-state index in [4.69, 9.17) is 5.11 Å². The van der Waals surface area contributed by atoms with Crippen molar-refractivity contribution in [3.8, 4) is 0 Å². The van der Waals surface area contributed by atoms with Crippen molar-refractivity contribution in [3.63, 3.8) is 0 Å². The first-order valence-corrected chi connectivity index (χ1v) is 5.65. The SMILES string of the molecule is CC(C1CC1)N1CCC(C(=O)O)CC1. The van der Waals surface area contributed by atoms with Crippen LogP contribution in [-0.4, -0.2) is 35.1 Å². The highest BCUT2D eigenvalue weighted by Crippen LogP contribution is 2.36. The lowest BCUT2D eigenvalue weighted by molar-refractivity contribution is -0.143. The van der Waals surface area contributed by atoms with Crippen LogP contribution >= 0.6 is 0 Å². The Morgan fingerprint density at radius 1 is 1.29 bits per heavy atom. The third kappa shape index (κ3) is 2.08. The Balaban J connectivity index is 1.80. The zero-order valence-corrected chi connectivity index (χ0v) is 8.78. The second kappa shape index (κ2) is 3.89. The molecule has 0 aromatic heterocycles. The highest BCUT2D eigenvalue weighted by atomic mass is 16.4. The molecule has 3 heteroatoms. The Kier molecular flexibility index (Phi) is 2.77. The van der Waals surface area contributed by atoms with Crippen molar-refractivity contribution in [1.82, 2.24) is 4.90 Å². The second-order valence-corrected chi connectivity index (χ2v) is 4.73. The molecule has 0 amide bonds. The number of carboxylic acids is 1. The molecule has 3 nitrogen and oxygen atoms in total. The van der Waals surface area contributed by atoms with Gasteiger partial charge in [0.2, 0.25) is 0 Å². The van der Waals surface area contributed by atoms with Crippen LogP contribution in [0.1, 0.15) is 32.6 Å². The van der Waals surface area contributed by atoms with Crippen LogP contribution in [0.2, 0.25) is 0 Å². The van der Waals surface area contributed by atoms with E-state index in [1.807, 2.05) is 0 Å². The summed E-state index contributed by atoms with van der Waals surface area (Å²) in [6.07, 6.45) is 4.43. The Morgan fingerprint density at radius 2 is 1.86 bits per heavy atom. The minimum Gasteiger partial charge on any atom is -0.481 e. The number of carbonyl (C=O) groups is 1. The van der Waals surface area contributed by atoms with Crippen molar-refractivity contribution in [1.29, 1.82) is 0 Å². The summed E-state index contributed by atoms with van der Waals surface area (Å²) in [5, 5.41) is 8.87. The summed E-state index contributed by atoms with van der Waals surface area (Å²) >= 11 is 0. The van der Waals surface area contributed by atoms with Crippen LogP contribution in [0.4, 0.5) is 0 Å². The maximum absolute atomic E-state index is 10.8. The van der Waals surface area contributed by atoms with Gasteiger partial charge in [0.05, 0.1) is 5.92 Å². The third-order valence-electron chi connectivity index (χ3n) is 3.76. The van der Waals surface area contributed by atoms with Crippen LogP contribution in [-0.2, 0) is 4.79 Å². The molecule has 1 unspecified atom stereocenters. The van der Waals surface area contributed by atoms with Crippen molar-refractivity contribution in [2.75, 3.05) is 13.1 Å². The summed E-state index contributed by atoms with van der Waals surface area (Å²) in [6.45, 7) is 4.25. The van der Waals surface area contributed by atoms with E-state index in [-0.39, 0.29) is 5.92 Å². The van der Waals surface area contributed by atoms with Crippen molar-refractivity contribution in [2.45, 2.75) is 38.6 Å². The van der Waals surface area contributed by atoms with Crippen LogP contribution in [0.25, 0.3) is 0 Å². The van der Waals surface area contributed by atoms with E-state index in [0.29, 0.717) is 6.04 Å². The Morgan fingerprint density at radius 3 is 2.29 bits per heavy atom. The maximum Gasteiger partial charge on any atom is 0.306 e. The van der Waals surface area contributed by atoms with Gasteiger partial charge in [-0.15, -0.1) is 0 Å². The van der Waals surface area contributed by atoms with Gasteiger partial charge in [0.1, 0.15) is 0 Å². The minimum absolute atomic E-state index is 0.0855. The molecule has 1 aliphatic heterocycles. The zero-order valence-electron chi connectivity index (χ0n) is 8.78. The molecule has 0 radical (unpaired) electrons. The molecule has 1 N–H and O–H groups in total. The quantitative estimate of drug-likeness (QED) is 0.746. The number of carboxylic acid groups (broad SMARTS) is 1.